The molecule has 0 aliphatic heterocycles. The molecule has 2 aliphatic carbocycles. The fourth-order valence-electron chi connectivity index (χ4n) is 5.85. The molecular weight excluding hydrogens is 314 g/mol. The lowest BCUT2D eigenvalue weighted by Gasteiger charge is -2.48. The van der Waals surface area contributed by atoms with Gasteiger partial charge in [-0.1, -0.05) is 46.2 Å². The van der Waals surface area contributed by atoms with Gasteiger partial charge in [0, 0.05) is 17.6 Å². The van der Waals surface area contributed by atoms with E-state index in [4.69, 9.17) is 9.96 Å². The van der Waals surface area contributed by atoms with E-state index >= 15 is 0 Å². The summed E-state index contributed by atoms with van der Waals surface area (Å²) in [5.41, 5.74) is 9.03. The van der Waals surface area contributed by atoms with E-state index in [2.05, 4.69) is 44.6 Å². The first-order valence-electron chi connectivity index (χ1n) is 10.1. The highest BCUT2D eigenvalue weighted by molar-refractivity contribution is 6.73. The molecule has 0 amide bonds. The third kappa shape index (κ3) is 3.68. The van der Waals surface area contributed by atoms with Crippen LogP contribution < -0.4 is 0 Å². The summed E-state index contributed by atoms with van der Waals surface area (Å²) in [5, 5.41) is 3.86. The largest absolute Gasteiger partial charge is 0.414 e. The number of nitrogens with zero attached hydrogens (tertiary/aromatic N) is 3. The van der Waals surface area contributed by atoms with E-state index in [0.717, 1.165) is 0 Å². The minimum atomic E-state index is -1.53. The lowest BCUT2D eigenvalue weighted by molar-refractivity contribution is -0.0185. The highest BCUT2D eigenvalue weighted by Gasteiger charge is 2.53. The van der Waals surface area contributed by atoms with Gasteiger partial charge in [-0.3, -0.25) is 0 Å². The molecule has 2 saturated carbocycles. The first kappa shape index (κ1) is 19.8. The van der Waals surface area contributed by atoms with Crippen molar-refractivity contribution in [2.45, 2.75) is 91.0 Å². The number of azide groups is 1. The van der Waals surface area contributed by atoms with Gasteiger partial charge in [0.25, 0.3) is 0 Å². The Balaban J connectivity index is 2.15. The molecule has 0 unspecified atom stereocenters. The van der Waals surface area contributed by atoms with Crippen LogP contribution in [0.2, 0.25) is 18.1 Å². The van der Waals surface area contributed by atoms with Gasteiger partial charge < -0.3 is 4.43 Å². The number of rotatable bonds is 8. The first-order chi connectivity index (χ1) is 11.5. The molecule has 4 nitrogen and oxygen atoms in total. The molecule has 5 heteroatoms. The molecule has 0 aromatic carbocycles. The van der Waals surface area contributed by atoms with Crippen LogP contribution in [0.5, 0.6) is 0 Å². The summed E-state index contributed by atoms with van der Waals surface area (Å²) in [6.45, 7) is 12.4. The van der Waals surface area contributed by atoms with E-state index in [9.17, 15) is 0 Å². The predicted molar refractivity (Wildman–Crippen MR) is 103 cm³/mol. The molecule has 138 valence electrons. The van der Waals surface area contributed by atoms with E-state index in [0.29, 0.717) is 35.8 Å². The van der Waals surface area contributed by atoms with E-state index < -0.39 is 8.32 Å². The Kier molecular flexibility index (Phi) is 6.80. The fraction of sp³-hybridized carbons (Fsp3) is 1.00. The SMILES string of the molecule is CC[Si](CC)(CC)O[C@H]1CCC[C@]2(C)[C@@H]([C@H](C)CN=[N+]=[N-])CC[C@@H]12. The van der Waals surface area contributed by atoms with Crippen molar-refractivity contribution in [3.8, 4) is 0 Å². The number of hydrogen-bond donors (Lipinski definition) is 0. The molecule has 0 aromatic heterocycles. The van der Waals surface area contributed by atoms with E-state index in [-0.39, 0.29) is 0 Å². The fourth-order valence-corrected chi connectivity index (χ4v) is 8.77. The van der Waals surface area contributed by atoms with E-state index in [1.807, 2.05) is 0 Å². The summed E-state index contributed by atoms with van der Waals surface area (Å²) in [5.74, 6) is 1.88. The zero-order valence-electron chi connectivity index (χ0n) is 16.4. The Morgan fingerprint density at radius 1 is 1.21 bits per heavy atom. The molecule has 2 rings (SSSR count). The third-order valence-electron chi connectivity index (χ3n) is 7.59. The van der Waals surface area contributed by atoms with Gasteiger partial charge in [-0.05, 0) is 72.5 Å². The average Bonchev–Trinajstić information content (AvgIpc) is 2.95. The van der Waals surface area contributed by atoms with Gasteiger partial charge in [0.15, 0.2) is 8.32 Å². The standard InChI is InChI=1S/C19H37N3OSi/c1-6-24(7-2,8-3)23-18-10-9-13-19(5)16(11-12-17(18)19)15(4)14-21-22-20/h15-18H,6-14H2,1-5H3/t15-,16-,17+,18+,19-/m1/s1. The van der Waals surface area contributed by atoms with Crippen molar-refractivity contribution in [3.63, 3.8) is 0 Å². The topological polar surface area (TPSA) is 58.0 Å². The predicted octanol–water partition coefficient (Wildman–Crippen LogP) is 6.54. The van der Waals surface area contributed by atoms with E-state index in [1.54, 1.807) is 0 Å². The van der Waals surface area contributed by atoms with Crippen molar-refractivity contribution < 1.29 is 4.43 Å². The van der Waals surface area contributed by atoms with Gasteiger partial charge in [-0.15, -0.1) is 0 Å². The molecular formula is C19H37N3OSi. The van der Waals surface area contributed by atoms with Crippen molar-refractivity contribution in [2.75, 3.05) is 6.54 Å². The smallest absolute Gasteiger partial charge is 0.192 e. The van der Waals surface area contributed by atoms with Crippen molar-refractivity contribution >= 4 is 8.32 Å². The van der Waals surface area contributed by atoms with Crippen molar-refractivity contribution in [2.24, 2.45) is 28.3 Å². The molecule has 0 radical (unpaired) electrons. The van der Waals surface area contributed by atoms with Gasteiger partial charge in [0.05, 0.1) is 0 Å². The summed E-state index contributed by atoms with van der Waals surface area (Å²) >= 11 is 0. The molecule has 0 aromatic rings. The Bertz CT molecular complexity index is 453. The summed E-state index contributed by atoms with van der Waals surface area (Å²) < 4.78 is 6.97. The lowest BCUT2D eigenvalue weighted by atomic mass is 9.62. The Labute approximate surface area is 149 Å². The molecule has 2 aliphatic rings. The minimum absolute atomic E-state index is 0.378. The molecule has 24 heavy (non-hydrogen) atoms. The number of hydrogen-bond acceptors (Lipinski definition) is 2. The van der Waals surface area contributed by atoms with Gasteiger partial charge in [-0.25, -0.2) is 0 Å². The minimum Gasteiger partial charge on any atom is -0.414 e. The second kappa shape index (κ2) is 8.24. The van der Waals surface area contributed by atoms with Crippen LogP contribution >= 0.6 is 0 Å². The zero-order chi connectivity index (χ0) is 17.8. The van der Waals surface area contributed by atoms with Crippen LogP contribution in [0.4, 0.5) is 0 Å². The molecule has 0 saturated heterocycles. The second-order valence-corrected chi connectivity index (χ2v) is 13.2. The Morgan fingerprint density at radius 3 is 2.46 bits per heavy atom. The van der Waals surface area contributed by atoms with Crippen LogP contribution in [0.1, 0.15) is 66.7 Å². The molecule has 0 heterocycles. The lowest BCUT2D eigenvalue weighted by Crippen LogP contribution is -2.48. The van der Waals surface area contributed by atoms with Gasteiger partial charge in [0.2, 0.25) is 0 Å². The van der Waals surface area contributed by atoms with E-state index in [1.165, 1.54) is 50.2 Å². The summed E-state index contributed by atoms with van der Waals surface area (Å²) in [6.07, 6.45) is 6.93. The third-order valence-corrected chi connectivity index (χ3v) is 12.3. The van der Waals surface area contributed by atoms with Gasteiger partial charge in [-0.2, -0.15) is 0 Å². The zero-order valence-corrected chi connectivity index (χ0v) is 17.4. The summed E-state index contributed by atoms with van der Waals surface area (Å²) in [7, 11) is -1.53. The van der Waals surface area contributed by atoms with Gasteiger partial charge in [0.1, 0.15) is 0 Å². The van der Waals surface area contributed by atoms with Crippen molar-refractivity contribution in [1.29, 1.82) is 0 Å². The van der Waals surface area contributed by atoms with Crippen LogP contribution in [-0.2, 0) is 4.43 Å². The quantitative estimate of drug-likeness (QED) is 0.212. The molecule has 0 spiro atoms. The maximum absolute atomic E-state index is 8.65. The highest BCUT2D eigenvalue weighted by atomic mass is 28.4. The molecule has 2 fully saturated rings. The summed E-state index contributed by atoms with van der Waals surface area (Å²) in [4.78, 5) is 2.98. The van der Waals surface area contributed by atoms with Crippen LogP contribution in [0.25, 0.3) is 10.4 Å². The molecule has 0 N–H and O–H groups in total. The van der Waals surface area contributed by atoms with Crippen LogP contribution in [0.3, 0.4) is 0 Å². The maximum Gasteiger partial charge on any atom is 0.192 e. The van der Waals surface area contributed by atoms with Crippen LogP contribution in [0.15, 0.2) is 5.11 Å². The highest BCUT2D eigenvalue weighted by Crippen LogP contribution is 2.58. The Morgan fingerprint density at radius 2 is 1.88 bits per heavy atom. The molecule has 0 bridgehead atoms. The van der Waals surface area contributed by atoms with Crippen LogP contribution in [-0.4, -0.2) is 21.0 Å². The number of fused-ring (bicyclic) bond motifs is 1. The van der Waals surface area contributed by atoms with Crippen LogP contribution in [0, 0.1) is 23.2 Å². The monoisotopic (exact) mass is 351 g/mol. The second-order valence-electron chi connectivity index (χ2n) is 8.48. The first-order valence-corrected chi connectivity index (χ1v) is 12.7. The van der Waals surface area contributed by atoms with Crippen molar-refractivity contribution in [1.82, 2.24) is 0 Å². The maximum atomic E-state index is 8.65. The average molecular weight is 352 g/mol. The van der Waals surface area contributed by atoms with Gasteiger partial charge >= 0.3 is 0 Å². The normalized spacial score (nSPS) is 34.5. The Hall–Kier alpha value is -0.513. The summed E-state index contributed by atoms with van der Waals surface area (Å²) in [6, 6.07) is 3.74. The van der Waals surface area contributed by atoms with Crippen molar-refractivity contribution in [3.05, 3.63) is 10.4 Å². The molecule has 5 atom stereocenters.